The molecule has 1 rings (SSSR count). The molecule has 0 aromatic carbocycles. The topological polar surface area (TPSA) is 9.72 Å². The van der Waals surface area contributed by atoms with E-state index in [1.807, 2.05) is 0 Å². The van der Waals surface area contributed by atoms with Gasteiger partial charge in [0.1, 0.15) is 0 Å². The van der Waals surface area contributed by atoms with Crippen LogP contribution in [0.2, 0.25) is 0 Å². The van der Waals surface area contributed by atoms with Gasteiger partial charge in [0, 0.05) is 26.0 Å². The average molecular weight is 197 g/mol. The molecule has 1 atom stereocenters. The first-order valence-electron chi connectivity index (χ1n) is 5.55. The van der Waals surface area contributed by atoms with Gasteiger partial charge >= 0.3 is 0 Å². The van der Waals surface area contributed by atoms with Gasteiger partial charge in [0.15, 0.2) is 6.29 Å². The lowest BCUT2D eigenvalue weighted by molar-refractivity contribution is 0.0216. The van der Waals surface area contributed by atoms with Crippen LogP contribution in [0.5, 0.6) is 0 Å². The van der Waals surface area contributed by atoms with Crippen LogP contribution in [-0.2, 0) is 0 Å². The Morgan fingerprint density at radius 2 is 1.79 bits per heavy atom. The first kappa shape index (κ1) is 11.4. The van der Waals surface area contributed by atoms with Crippen molar-refractivity contribution in [3.05, 3.63) is 11.9 Å². The molecule has 82 valence electrons. The Balaban J connectivity index is 2.73. The fourth-order valence-electron chi connectivity index (χ4n) is 2.21. The minimum Gasteiger partial charge on any atom is -0.347 e. The zero-order chi connectivity index (χ0) is 10.7. The molecule has 14 heavy (non-hydrogen) atoms. The predicted octanol–water partition coefficient (Wildman–Crippen LogP) is 1.74. The van der Waals surface area contributed by atoms with E-state index >= 15 is 0 Å². The van der Waals surface area contributed by atoms with E-state index in [2.05, 4.69) is 55.8 Å². The standard InChI is InChI=1S/C11H23N3/c1-6-10-9-12(4)11(13(10)5)14(7-2)8-3/h9,11H,6-8H2,1-5H3. The molecule has 0 radical (unpaired) electrons. The van der Waals surface area contributed by atoms with Crippen molar-refractivity contribution in [1.82, 2.24) is 14.7 Å². The molecule has 0 bridgehead atoms. The van der Waals surface area contributed by atoms with E-state index < -0.39 is 0 Å². The molecular formula is C11H23N3. The second-order valence-corrected chi connectivity index (χ2v) is 3.82. The fraction of sp³-hybridized carbons (Fsp3) is 0.818. The van der Waals surface area contributed by atoms with Crippen LogP contribution in [0.1, 0.15) is 27.2 Å². The largest absolute Gasteiger partial charge is 0.347 e. The summed E-state index contributed by atoms with van der Waals surface area (Å²) in [4.78, 5) is 7.12. The highest BCUT2D eigenvalue weighted by molar-refractivity contribution is 5.07. The van der Waals surface area contributed by atoms with Gasteiger partial charge in [-0.25, -0.2) is 0 Å². The van der Waals surface area contributed by atoms with Crippen LogP contribution in [0.15, 0.2) is 11.9 Å². The van der Waals surface area contributed by atoms with Crippen molar-refractivity contribution in [3.63, 3.8) is 0 Å². The second kappa shape index (κ2) is 4.69. The molecule has 3 heteroatoms. The zero-order valence-corrected chi connectivity index (χ0v) is 10.1. The lowest BCUT2D eigenvalue weighted by Gasteiger charge is -2.37. The molecule has 0 aromatic heterocycles. The number of rotatable bonds is 4. The molecular weight excluding hydrogens is 174 g/mol. The Morgan fingerprint density at radius 1 is 1.21 bits per heavy atom. The van der Waals surface area contributed by atoms with Crippen LogP contribution in [-0.4, -0.2) is 48.2 Å². The number of allylic oxidation sites excluding steroid dienone is 1. The highest BCUT2D eigenvalue weighted by Gasteiger charge is 2.29. The molecule has 1 aliphatic heterocycles. The van der Waals surface area contributed by atoms with Crippen molar-refractivity contribution in [3.8, 4) is 0 Å². The number of hydrogen-bond donors (Lipinski definition) is 0. The van der Waals surface area contributed by atoms with Crippen molar-refractivity contribution in [2.24, 2.45) is 0 Å². The molecule has 1 aliphatic rings. The van der Waals surface area contributed by atoms with E-state index in [1.165, 1.54) is 5.70 Å². The summed E-state index contributed by atoms with van der Waals surface area (Å²) in [5.41, 5.74) is 1.42. The molecule has 1 unspecified atom stereocenters. The number of nitrogens with zero attached hydrogens (tertiary/aromatic N) is 3. The Labute approximate surface area is 88.0 Å². The molecule has 0 amide bonds. The molecule has 1 heterocycles. The Hall–Kier alpha value is -0.700. The smallest absolute Gasteiger partial charge is 0.159 e. The third kappa shape index (κ3) is 1.87. The Kier molecular flexibility index (Phi) is 3.81. The summed E-state index contributed by atoms with van der Waals surface area (Å²) in [6, 6.07) is 0. The van der Waals surface area contributed by atoms with Gasteiger partial charge in [0.25, 0.3) is 0 Å². The maximum absolute atomic E-state index is 2.46. The fourth-order valence-corrected chi connectivity index (χ4v) is 2.21. The van der Waals surface area contributed by atoms with Gasteiger partial charge < -0.3 is 9.80 Å². The second-order valence-electron chi connectivity index (χ2n) is 3.82. The van der Waals surface area contributed by atoms with E-state index in [0.29, 0.717) is 6.29 Å². The highest BCUT2D eigenvalue weighted by Crippen LogP contribution is 2.23. The average Bonchev–Trinajstić information content (AvgIpc) is 2.46. The van der Waals surface area contributed by atoms with Crippen LogP contribution in [0.4, 0.5) is 0 Å². The van der Waals surface area contributed by atoms with Gasteiger partial charge in [-0.2, -0.15) is 0 Å². The molecule has 0 aromatic rings. The maximum Gasteiger partial charge on any atom is 0.159 e. The quantitative estimate of drug-likeness (QED) is 0.679. The minimum atomic E-state index is 0.417. The van der Waals surface area contributed by atoms with Crippen LogP contribution in [0.3, 0.4) is 0 Å². The molecule has 3 nitrogen and oxygen atoms in total. The van der Waals surface area contributed by atoms with Gasteiger partial charge in [-0.1, -0.05) is 20.8 Å². The first-order chi connectivity index (χ1) is 6.65. The van der Waals surface area contributed by atoms with Crippen molar-refractivity contribution >= 4 is 0 Å². The number of hydrogen-bond acceptors (Lipinski definition) is 3. The van der Waals surface area contributed by atoms with Crippen molar-refractivity contribution in [2.75, 3.05) is 27.2 Å². The summed E-state index contributed by atoms with van der Waals surface area (Å²) in [6.45, 7) is 8.84. The van der Waals surface area contributed by atoms with E-state index in [0.717, 1.165) is 19.5 Å². The molecule has 0 N–H and O–H groups in total. The summed E-state index contributed by atoms with van der Waals surface area (Å²) in [5.74, 6) is 0. The van der Waals surface area contributed by atoms with Crippen LogP contribution < -0.4 is 0 Å². The lowest BCUT2D eigenvalue weighted by atomic mass is 10.3. The third-order valence-electron chi connectivity index (χ3n) is 3.02. The third-order valence-corrected chi connectivity index (χ3v) is 3.02. The molecule has 0 fully saturated rings. The summed E-state index contributed by atoms with van der Waals surface area (Å²) < 4.78 is 0. The van der Waals surface area contributed by atoms with Crippen molar-refractivity contribution in [2.45, 2.75) is 33.5 Å². The van der Waals surface area contributed by atoms with E-state index in [9.17, 15) is 0 Å². The van der Waals surface area contributed by atoms with Crippen molar-refractivity contribution < 1.29 is 0 Å². The Morgan fingerprint density at radius 3 is 2.14 bits per heavy atom. The SMILES string of the molecule is CCC1=CN(C)C(N(CC)CC)N1C. The molecule has 0 spiro atoms. The van der Waals surface area contributed by atoms with E-state index in [-0.39, 0.29) is 0 Å². The van der Waals surface area contributed by atoms with Gasteiger partial charge in [-0.3, -0.25) is 4.90 Å². The molecule has 0 aliphatic carbocycles. The minimum absolute atomic E-state index is 0.417. The lowest BCUT2D eigenvalue weighted by Crippen LogP contribution is -2.50. The van der Waals surface area contributed by atoms with Crippen LogP contribution in [0.25, 0.3) is 0 Å². The maximum atomic E-state index is 2.46. The van der Waals surface area contributed by atoms with E-state index in [1.54, 1.807) is 0 Å². The molecule has 0 saturated heterocycles. The predicted molar refractivity (Wildman–Crippen MR) is 60.6 cm³/mol. The summed E-state index contributed by atoms with van der Waals surface area (Å²) >= 11 is 0. The summed E-state index contributed by atoms with van der Waals surface area (Å²) in [5, 5.41) is 0. The molecule has 0 saturated carbocycles. The van der Waals surface area contributed by atoms with Gasteiger partial charge in [0.2, 0.25) is 0 Å². The Bertz CT molecular complexity index is 209. The zero-order valence-electron chi connectivity index (χ0n) is 10.1. The van der Waals surface area contributed by atoms with Gasteiger partial charge in [0.05, 0.1) is 0 Å². The summed E-state index contributed by atoms with van der Waals surface area (Å²) in [7, 11) is 4.34. The van der Waals surface area contributed by atoms with Gasteiger partial charge in [-0.15, -0.1) is 0 Å². The first-order valence-corrected chi connectivity index (χ1v) is 5.55. The van der Waals surface area contributed by atoms with Crippen molar-refractivity contribution in [1.29, 1.82) is 0 Å². The van der Waals surface area contributed by atoms with Crippen LogP contribution in [0, 0.1) is 0 Å². The van der Waals surface area contributed by atoms with Crippen LogP contribution >= 0.6 is 0 Å². The summed E-state index contributed by atoms with van der Waals surface area (Å²) in [6.07, 6.45) is 3.78. The van der Waals surface area contributed by atoms with E-state index in [4.69, 9.17) is 0 Å². The normalized spacial score (nSPS) is 22.1. The monoisotopic (exact) mass is 197 g/mol. The van der Waals surface area contributed by atoms with Gasteiger partial charge in [-0.05, 0) is 19.5 Å². The highest BCUT2D eigenvalue weighted by atomic mass is 15.5.